The molecule has 1 amide bonds. The Balaban J connectivity index is 2.16. The topological polar surface area (TPSA) is 80.2 Å². The number of amides is 1. The summed E-state index contributed by atoms with van der Waals surface area (Å²) in [6.45, 7) is 0.394. The maximum absolute atomic E-state index is 11.9. The van der Waals surface area contributed by atoms with Crippen molar-refractivity contribution < 1.29 is 14.1 Å². The van der Waals surface area contributed by atoms with Gasteiger partial charge in [-0.3, -0.25) is 9.88 Å². The smallest absolute Gasteiger partial charge is 0.253 e. The number of carbonyl (C=O) groups is 1. The summed E-state index contributed by atoms with van der Waals surface area (Å²) in [6, 6.07) is 11.8. The van der Waals surface area contributed by atoms with E-state index in [9.17, 15) is 9.70 Å². The van der Waals surface area contributed by atoms with Crippen molar-refractivity contribution >= 4 is 20.6 Å². The fourth-order valence-electron chi connectivity index (χ4n) is 2.05. The number of benzene rings is 2. The Morgan fingerprint density at radius 2 is 1.92 bits per heavy atom. The SMILES string of the molecule is CNPOCc1ccc(N=O)c(Oc2ccc(C(=O)N(C)C)cc2)c1. The second kappa shape index (κ2) is 9.22. The molecule has 132 valence electrons. The number of hydrogen-bond acceptors (Lipinski definition) is 6. The molecule has 0 aliphatic heterocycles. The van der Waals surface area contributed by atoms with Crippen LogP contribution in [0.4, 0.5) is 5.69 Å². The average Bonchev–Trinajstić information content (AvgIpc) is 2.62. The predicted octanol–water partition coefficient (Wildman–Crippen LogP) is 3.82. The largest absolute Gasteiger partial charge is 0.455 e. The minimum absolute atomic E-state index is 0.0914. The number of nitroso groups, excluding NO2 is 1. The molecule has 25 heavy (non-hydrogen) atoms. The lowest BCUT2D eigenvalue weighted by Crippen LogP contribution is -2.21. The van der Waals surface area contributed by atoms with Crippen molar-refractivity contribution in [3.8, 4) is 11.5 Å². The number of hydrogen-bond donors (Lipinski definition) is 1. The van der Waals surface area contributed by atoms with Gasteiger partial charge in [-0.05, 0) is 54.2 Å². The minimum Gasteiger partial charge on any atom is -0.455 e. The Morgan fingerprint density at radius 1 is 1.20 bits per heavy atom. The molecule has 2 aromatic rings. The van der Waals surface area contributed by atoms with Gasteiger partial charge in [-0.15, -0.1) is 4.91 Å². The molecule has 1 N–H and O–H groups in total. The number of ether oxygens (including phenoxy) is 1. The summed E-state index contributed by atoms with van der Waals surface area (Å²) < 4.78 is 11.2. The molecular formula is C17H20N3O4P. The summed E-state index contributed by atoms with van der Waals surface area (Å²) in [5, 5.41) is 5.90. The van der Waals surface area contributed by atoms with Crippen LogP contribution in [0.3, 0.4) is 0 Å². The lowest BCUT2D eigenvalue weighted by atomic mass is 10.2. The van der Waals surface area contributed by atoms with Crippen molar-refractivity contribution in [2.24, 2.45) is 5.18 Å². The van der Waals surface area contributed by atoms with Crippen molar-refractivity contribution in [1.29, 1.82) is 0 Å². The Labute approximate surface area is 148 Å². The third-order valence-corrected chi connectivity index (χ3v) is 3.76. The van der Waals surface area contributed by atoms with Gasteiger partial charge in [0.2, 0.25) is 0 Å². The van der Waals surface area contributed by atoms with Gasteiger partial charge in [-0.1, -0.05) is 6.07 Å². The molecule has 0 saturated heterocycles. The van der Waals surface area contributed by atoms with Crippen molar-refractivity contribution in [3.05, 3.63) is 58.5 Å². The summed E-state index contributed by atoms with van der Waals surface area (Å²) in [7, 11) is 5.38. The van der Waals surface area contributed by atoms with Gasteiger partial charge in [0.1, 0.15) is 5.75 Å². The average molecular weight is 361 g/mol. The first-order chi connectivity index (χ1) is 12.0. The maximum Gasteiger partial charge on any atom is 0.253 e. The van der Waals surface area contributed by atoms with E-state index < -0.39 is 0 Å². The van der Waals surface area contributed by atoms with Crippen LogP contribution in [0.1, 0.15) is 15.9 Å². The van der Waals surface area contributed by atoms with E-state index in [0.717, 1.165) is 5.56 Å². The molecule has 0 radical (unpaired) electrons. The molecule has 0 aliphatic rings. The van der Waals surface area contributed by atoms with Gasteiger partial charge in [0, 0.05) is 19.7 Å². The van der Waals surface area contributed by atoms with Crippen molar-refractivity contribution in [2.45, 2.75) is 6.61 Å². The first-order valence-corrected chi connectivity index (χ1v) is 8.45. The van der Waals surface area contributed by atoms with Gasteiger partial charge in [-0.25, -0.2) is 0 Å². The molecule has 0 fully saturated rings. The zero-order chi connectivity index (χ0) is 18.2. The quantitative estimate of drug-likeness (QED) is 0.439. The summed E-state index contributed by atoms with van der Waals surface area (Å²) in [5.74, 6) is 0.761. The van der Waals surface area contributed by atoms with Gasteiger partial charge in [0.25, 0.3) is 5.91 Å². The molecule has 7 nitrogen and oxygen atoms in total. The summed E-state index contributed by atoms with van der Waals surface area (Å²) in [6.07, 6.45) is 0. The van der Waals surface area contributed by atoms with E-state index >= 15 is 0 Å². The monoisotopic (exact) mass is 361 g/mol. The van der Waals surface area contributed by atoms with Gasteiger partial charge in [0.05, 0.1) is 15.6 Å². The molecule has 2 aromatic carbocycles. The fraction of sp³-hybridized carbons (Fsp3) is 0.235. The number of nitrogens with zero attached hydrogens (tertiary/aromatic N) is 2. The molecular weight excluding hydrogens is 341 g/mol. The predicted molar refractivity (Wildman–Crippen MR) is 98.6 cm³/mol. The highest BCUT2D eigenvalue weighted by molar-refractivity contribution is 7.29. The molecule has 0 spiro atoms. The van der Waals surface area contributed by atoms with Crippen molar-refractivity contribution in [3.63, 3.8) is 0 Å². The van der Waals surface area contributed by atoms with Crippen LogP contribution in [0.15, 0.2) is 47.6 Å². The standard InChI is InChI=1S/C17H20N3O4P/c1-18-25-23-11-12-4-9-15(19-22)16(10-12)24-14-7-5-13(6-8-14)17(21)20(2)3/h4-10,18,25H,11H2,1-3H3. The Bertz CT molecular complexity index is 735. The van der Waals surface area contributed by atoms with E-state index in [4.69, 9.17) is 9.26 Å². The highest BCUT2D eigenvalue weighted by Crippen LogP contribution is 2.33. The van der Waals surface area contributed by atoms with Crippen LogP contribution in [0.25, 0.3) is 0 Å². The molecule has 0 saturated carbocycles. The summed E-state index contributed by atoms with van der Waals surface area (Å²) in [4.78, 5) is 24.4. The van der Waals surface area contributed by atoms with E-state index in [0.29, 0.717) is 23.7 Å². The van der Waals surface area contributed by atoms with Crippen molar-refractivity contribution in [2.75, 3.05) is 21.1 Å². The normalized spacial score (nSPS) is 10.8. The van der Waals surface area contributed by atoms with Gasteiger partial charge in [0.15, 0.2) is 11.4 Å². The zero-order valence-electron chi connectivity index (χ0n) is 14.3. The highest BCUT2D eigenvalue weighted by atomic mass is 31.1. The molecule has 8 heteroatoms. The number of carbonyl (C=O) groups excluding carboxylic acids is 1. The second-order valence-corrected chi connectivity index (χ2v) is 6.35. The molecule has 0 bridgehead atoms. The lowest BCUT2D eigenvalue weighted by Gasteiger charge is -2.12. The Morgan fingerprint density at radius 3 is 2.52 bits per heavy atom. The van der Waals surface area contributed by atoms with Gasteiger partial charge in [-0.2, -0.15) is 0 Å². The zero-order valence-corrected chi connectivity index (χ0v) is 15.3. The third-order valence-electron chi connectivity index (χ3n) is 3.27. The number of rotatable bonds is 8. The highest BCUT2D eigenvalue weighted by Gasteiger charge is 2.10. The van der Waals surface area contributed by atoms with E-state index in [2.05, 4.69) is 10.3 Å². The van der Waals surface area contributed by atoms with Gasteiger partial charge < -0.3 is 14.2 Å². The molecule has 1 unspecified atom stereocenters. The summed E-state index contributed by atoms with van der Waals surface area (Å²) in [5.41, 5.74) is 1.62. The number of nitrogens with one attached hydrogen (secondary N) is 1. The molecule has 0 aliphatic carbocycles. The van der Waals surface area contributed by atoms with Crippen LogP contribution >= 0.6 is 8.96 Å². The fourth-order valence-corrected chi connectivity index (χ4v) is 2.43. The molecule has 1 atom stereocenters. The Hall–Kier alpha value is -2.34. The van der Waals surface area contributed by atoms with Crippen LogP contribution in [0.2, 0.25) is 0 Å². The second-order valence-electron chi connectivity index (χ2n) is 5.36. The molecule has 0 heterocycles. The van der Waals surface area contributed by atoms with Crippen molar-refractivity contribution in [1.82, 2.24) is 9.99 Å². The van der Waals surface area contributed by atoms with Crippen LogP contribution in [-0.2, 0) is 11.1 Å². The maximum atomic E-state index is 11.9. The third kappa shape index (κ3) is 5.32. The Kier molecular flexibility index (Phi) is 7.01. The molecule has 0 aromatic heterocycles. The first-order valence-electron chi connectivity index (χ1n) is 7.54. The van der Waals surface area contributed by atoms with E-state index in [1.54, 1.807) is 63.6 Å². The van der Waals surface area contributed by atoms with Crippen LogP contribution < -0.4 is 9.82 Å². The van der Waals surface area contributed by atoms with E-state index in [1.807, 2.05) is 0 Å². The first kappa shape index (κ1) is 19.0. The van der Waals surface area contributed by atoms with Crippen LogP contribution in [0.5, 0.6) is 11.5 Å². The van der Waals surface area contributed by atoms with Gasteiger partial charge >= 0.3 is 0 Å². The molecule has 2 rings (SSSR count). The van der Waals surface area contributed by atoms with Crippen LogP contribution in [-0.4, -0.2) is 32.0 Å². The van der Waals surface area contributed by atoms with Crippen LogP contribution in [0, 0.1) is 4.91 Å². The van der Waals surface area contributed by atoms with E-state index in [-0.39, 0.29) is 20.6 Å². The minimum atomic E-state index is -0.0914. The lowest BCUT2D eigenvalue weighted by molar-refractivity contribution is 0.0827. The summed E-state index contributed by atoms with van der Waals surface area (Å²) >= 11 is 0. The van der Waals surface area contributed by atoms with E-state index in [1.165, 1.54) is 4.90 Å².